The zero-order valence-electron chi connectivity index (χ0n) is 10.6. The van der Waals surface area contributed by atoms with Crippen LogP contribution in [0, 0.1) is 0 Å². The normalized spacial score (nSPS) is 15.2. The number of carbonyl (C=O) groups excluding carboxylic acids is 2. The fourth-order valence-corrected chi connectivity index (χ4v) is 2.23. The van der Waals surface area contributed by atoms with Crippen LogP contribution >= 0.6 is 11.6 Å². The Balaban J connectivity index is 2.05. The SMILES string of the molecule is CC(C)(Cl)CCCN1C(=O)c2ccccc2C1=O. The van der Waals surface area contributed by atoms with Crippen LogP contribution in [0.3, 0.4) is 0 Å². The average Bonchev–Trinajstić information content (AvgIpc) is 2.53. The van der Waals surface area contributed by atoms with Crippen molar-refractivity contribution < 1.29 is 9.59 Å². The molecule has 0 radical (unpaired) electrons. The molecule has 4 heteroatoms. The molecular formula is C14H16ClNO2. The summed E-state index contributed by atoms with van der Waals surface area (Å²) in [6.45, 7) is 4.29. The van der Waals surface area contributed by atoms with E-state index in [1.807, 2.05) is 13.8 Å². The Labute approximate surface area is 112 Å². The van der Waals surface area contributed by atoms with Crippen LogP contribution in [0.1, 0.15) is 47.4 Å². The van der Waals surface area contributed by atoms with Gasteiger partial charge in [-0.2, -0.15) is 0 Å². The molecule has 1 aromatic rings. The Morgan fingerprint density at radius 2 is 1.61 bits per heavy atom. The molecule has 96 valence electrons. The van der Waals surface area contributed by atoms with Crippen molar-refractivity contribution in [1.82, 2.24) is 4.90 Å². The highest BCUT2D eigenvalue weighted by Gasteiger charge is 2.34. The molecule has 1 aliphatic rings. The van der Waals surface area contributed by atoms with E-state index < -0.39 is 0 Å². The molecule has 2 rings (SSSR count). The highest BCUT2D eigenvalue weighted by molar-refractivity contribution is 6.23. The van der Waals surface area contributed by atoms with Gasteiger partial charge in [0, 0.05) is 11.4 Å². The van der Waals surface area contributed by atoms with Gasteiger partial charge in [0.1, 0.15) is 0 Å². The lowest BCUT2D eigenvalue weighted by atomic mass is 10.1. The van der Waals surface area contributed by atoms with Crippen molar-refractivity contribution in [3.05, 3.63) is 35.4 Å². The summed E-state index contributed by atoms with van der Waals surface area (Å²) >= 11 is 6.09. The van der Waals surface area contributed by atoms with Gasteiger partial charge >= 0.3 is 0 Å². The zero-order chi connectivity index (χ0) is 13.3. The summed E-state index contributed by atoms with van der Waals surface area (Å²) in [5.74, 6) is -0.383. The number of halogens is 1. The topological polar surface area (TPSA) is 37.4 Å². The Morgan fingerprint density at radius 3 is 2.06 bits per heavy atom. The van der Waals surface area contributed by atoms with Gasteiger partial charge in [-0.15, -0.1) is 11.6 Å². The van der Waals surface area contributed by atoms with E-state index in [1.54, 1.807) is 24.3 Å². The van der Waals surface area contributed by atoms with Gasteiger partial charge in [0.05, 0.1) is 11.1 Å². The maximum absolute atomic E-state index is 12.0. The van der Waals surface area contributed by atoms with Gasteiger partial charge in [-0.3, -0.25) is 14.5 Å². The first-order chi connectivity index (χ1) is 8.40. The van der Waals surface area contributed by atoms with Crippen LogP contribution in [0.15, 0.2) is 24.3 Å². The van der Waals surface area contributed by atoms with E-state index in [0.29, 0.717) is 17.7 Å². The predicted molar refractivity (Wildman–Crippen MR) is 71.0 cm³/mol. The van der Waals surface area contributed by atoms with Crippen LogP contribution < -0.4 is 0 Å². The number of rotatable bonds is 4. The third-order valence-electron chi connectivity index (χ3n) is 3.03. The molecule has 0 saturated heterocycles. The summed E-state index contributed by atoms with van der Waals surface area (Å²) in [5, 5.41) is 0. The first-order valence-electron chi connectivity index (χ1n) is 6.04. The van der Waals surface area contributed by atoms with Crippen LogP contribution in [0.5, 0.6) is 0 Å². The second-order valence-electron chi connectivity index (χ2n) is 5.13. The molecule has 3 nitrogen and oxygen atoms in total. The van der Waals surface area contributed by atoms with Gasteiger partial charge in [-0.05, 0) is 38.8 Å². The minimum atomic E-state index is -0.293. The van der Waals surface area contributed by atoms with Crippen molar-refractivity contribution in [2.45, 2.75) is 31.6 Å². The lowest BCUT2D eigenvalue weighted by molar-refractivity contribution is 0.0650. The number of hydrogen-bond donors (Lipinski definition) is 0. The van der Waals surface area contributed by atoms with Crippen molar-refractivity contribution in [3.63, 3.8) is 0 Å². The lowest BCUT2D eigenvalue weighted by Crippen LogP contribution is -2.31. The van der Waals surface area contributed by atoms with Crippen molar-refractivity contribution >= 4 is 23.4 Å². The second-order valence-corrected chi connectivity index (χ2v) is 6.15. The fourth-order valence-electron chi connectivity index (χ4n) is 2.10. The summed E-state index contributed by atoms with van der Waals surface area (Å²) in [6, 6.07) is 6.94. The van der Waals surface area contributed by atoms with Crippen LogP contribution in [0.4, 0.5) is 0 Å². The van der Waals surface area contributed by atoms with Gasteiger partial charge < -0.3 is 0 Å². The first kappa shape index (κ1) is 13.1. The molecule has 1 aromatic carbocycles. The molecule has 0 spiro atoms. The number of nitrogens with zero attached hydrogens (tertiary/aromatic N) is 1. The minimum absolute atomic E-state index is 0.192. The smallest absolute Gasteiger partial charge is 0.261 e. The molecule has 0 saturated carbocycles. The number of alkyl halides is 1. The van der Waals surface area contributed by atoms with E-state index in [2.05, 4.69) is 0 Å². The quantitative estimate of drug-likeness (QED) is 0.620. The number of hydrogen-bond acceptors (Lipinski definition) is 2. The third-order valence-corrected chi connectivity index (χ3v) is 3.22. The third kappa shape index (κ3) is 2.56. The van der Waals surface area contributed by atoms with Crippen molar-refractivity contribution in [2.75, 3.05) is 6.54 Å². The van der Waals surface area contributed by atoms with Crippen molar-refractivity contribution in [1.29, 1.82) is 0 Å². The van der Waals surface area contributed by atoms with Gasteiger partial charge in [-0.1, -0.05) is 12.1 Å². The maximum atomic E-state index is 12.0. The molecule has 1 aliphatic heterocycles. The Morgan fingerprint density at radius 1 is 1.11 bits per heavy atom. The largest absolute Gasteiger partial charge is 0.274 e. The molecule has 0 fully saturated rings. The molecule has 0 aliphatic carbocycles. The van der Waals surface area contributed by atoms with Crippen molar-refractivity contribution in [3.8, 4) is 0 Å². The van der Waals surface area contributed by atoms with E-state index in [1.165, 1.54) is 4.90 Å². The Kier molecular flexibility index (Phi) is 3.44. The minimum Gasteiger partial charge on any atom is -0.274 e. The molecule has 18 heavy (non-hydrogen) atoms. The monoisotopic (exact) mass is 265 g/mol. The van der Waals surface area contributed by atoms with Gasteiger partial charge in [0.2, 0.25) is 0 Å². The van der Waals surface area contributed by atoms with Gasteiger partial charge in [0.25, 0.3) is 11.8 Å². The summed E-state index contributed by atoms with van der Waals surface area (Å²) in [7, 11) is 0. The molecule has 2 amide bonds. The second kappa shape index (κ2) is 4.73. The fraction of sp³-hybridized carbons (Fsp3) is 0.429. The maximum Gasteiger partial charge on any atom is 0.261 e. The molecule has 0 N–H and O–H groups in total. The number of fused-ring (bicyclic) bond motifs is 1. The average molecular weight is 266 g/mol. The zero-order valence-corrected chi connectivity index (χ0v) is 11.3. The van der Waals surface area contributed by atoms with Crippen LogP contribution in [0.25, 0.3) is 0 Å². The summed E-state index contributed by atoms with van der Waals surface area (Å²) in [5.41, 5.74) is 1.01. The lowest BCUT2D eigenvalue weighted by Gasteiger charge is -2.18. The van der Waals surface area contributed by atoms with Crippen LogP contribution in [-0.4, -0.2) is 28.1 Å². The number of amides is 2. The molecule has 1 heterocycles. The summed E-state index contributed by atoms with van der Waals surface area (Å²) in [6.07, 6.45) is 1.49. The van der Waals surface area contributed by atoms with Crippen LogP contribution in [0.2, 0.25) is 0 Å². The Bertz CT molecular complexity index is 456. The van der Waals surface area contributed by atoms with Crippen molar-refractivity contribution in [2.24, 2.45) is 0 Å². The van der Waals surface area contributed by atoms with Gasteiger partial charge in [0.15, 0.2) is 0 Å². The van der Waals surface area contributed by atoms with E-state index >= 15 is 0 Å². The Hall–Kier alpha value is -1.35. The number of carbonyl (C=O) groups is 2. The van der Waals surface area contributed by atoms with Crippen LogP contribution in [-0.2, 0) is 0 Å². The highest BCUT2D eigenvalue weighted by Crippen LogP contribution is 2.24. The standard InChI is InChI=1S/C14H16ClNO2/c1-14(2,15)8-5-9-16-12(17)10-6-3-4-7-11(10)13(16)18/h3-4,6-7H,5,8-9H2,1-2H3. The molecule has 0 unspecified atom stereocenters. The first-order valence-corrected chi connectivity index (χ1v) is 6.42. The predicted octanol–water partition coefficient (Wildman–Crippen LogP) is 3.08. The molecular weight excluding hydrogens is 250 g/mol. The van der Waals surface area contributed by atoms with E-state index in [-0.39, 0.29) is 16.7 Å². The summed E-state index contributed by atoms with van der Waals surface area (Å²) in [4.78, 5) is 25.1. The van der Waals surface area contributed by atoms with Gasteiger partial charge in [-0.25, -0.2) is 0 Å². The number of imide groups is 1. The highest BCUT2D eigenvalue weighted by atomic mass is 35.5. The summed E-state index contributed by atoms with van der Waals surface area (Å²) < 4.78 is 0. The van der Waals surface area contributed by atoms with E-state index in [9.17, 15) is 9.59 Å². The number of benzene rings is 1. The molecule has 0 atom stereocenters. The molecule has 0 aromatic heterocycles. The van der Waals surface area contributed by atoms with E-state index in [0.717, 1.165) is 12.8 Å². The van der Waals surface area contributed by atoms with E-state index in [4.69, 9.17) is 11.6 Å². The molecule has 0 bridgehead atoms.